The van der Waals surface area contributed by atoms with Crippen molar-refractivity contribution in [3.63, 3.8) is 0 Å². The number of ether oxygens (including phenoxy) is 1. The number of hydrogen-bond donors (Lipinski definition) is 1. The van der Waals surface area contributed by atoms with E-state index in [0.29, 0.717) is 13.2 Å². The van der Waals surface area contributed by atoms with Crippen molar-refractivity contribution in [3.05, 3.63) is 29.3 Å². The summed E-state index contributed by atoms with van der Waals surface area (Å²) in [6.07, 6.45) is 0.979. The lowest BCUT2D eigenvalue weighted by molar-refractivity contribution is 0.0921. The molecule has 0 aliphatic carbocycles. The Kier molecular flexibility index (Phi) is 6.19. The molecule has 1 saturated heterocycles. The second-order valence-corrected chi connectivity index (χ2v) is 7.26. The number of piperazine rings is 1. The van der Waals surface area contributed by atoms with Gasteiger partial charge < -0.3 is 10.1 Å². The molecule has 1 fully saturated rings. The van der Waals surface area contributed by atoms with Gasteiger partial charge in [0.05, 0.1) is 13.2 Å². The van der Waals surface area contributed by atoms with Crippen molar-refractivity contribution < 1.29 is 9.53 Å². The minimum absolute atomic E-state index is 0.0472. The normalized spacial score (nSPS) is 16.3. The minimum atomic E-state index is -0.0472. The summed E-state index contributed by atoms with van der Waals surface area (Å²) in [7, 11) is 0. The molecule has 1 aliphatic heterocycles. The zero-order chi connectivity index (χ0) is 16.9. The van der Waals surface area contributed by atoms with E-state index in [1.165, 1.54) is 0 Å². The molecule has 128 valence electrons. The average molecular weight is 318 g/mol. The van der Waals surface area contributed by atoms with Gasteiger partial charge in [0, 0.05) is 37.3 Å². The third kappa shape index (κ3) is 5.05. The summed E-state index contributed by atoms with van der Waals surface area (Å²) in [5, 5.41) is 3.31. The minimum Gasteiger partial charge on any atom is -0.493 e. The Morgan fingerprint density at radius 1 is 1.26 bits per heavy atom. The van der Waals surface area contributed by atoms with E-state index in [1.54, 1.807) is 0 Å². The molecule has 0 spiro atoms. The van der Waals surface area contributed by atoms with Gasteiger partial charge in [-0.3, -0.25) is 9.69 Å². The molecule has 1 heterocycles. The third-order valence-electron chi connectivity index (χ3n) is 4.15. The summed E-state index contributed by atoms with van der Waals surface area (Å²) in [6.45, 7) is 13.6. The molecule has 1 aromatic rings. The molecule has 1 aromatic carbocycles. The number of nitrogens with zero attached hydrogens (tertiary/aromatic N) is 1. The third-order valence-corrected chi connectivity index (χ3v) is 4.15. The molecule has 0 radical (unpaired) electrons. The van der Waals surface area contributed by atoms with Gasteiger partial charge in [0.25, 0.3) is 0 Å². The van der Waals surface area contributed by atoms with Gasteiger partial charge in [-0.15, -0.1) is 0 Å². The van der Waals surface area contributed by atoms with Crippen molar-refractivity contribution in [2.75, 3.05) is 39.3 Å². The maximum Gasteiger partial charge on any atom is 0.176 e. The van der Waals surface area contributed by atoms with Gasteiger partial charge in [-0.05, 0) is 30.0 Å². The molecule has 0 saturated carbocycles. The molecule has 4 heteroatoms. The van der Waals surface area contributed by atoms with Crippen molar-refractivity contribution in [1.29, 1.82) is 0 Å². The second kappa shape index (κ2) is 7.93. The fraction of sp³-hybridized carbons (Fsp3) is 0.632. The predicted molar refractivity (Wildman–Crippen MR) is 94.6 cm³/mol. The van der Waals surface area contributed by atoms with E-state index in [1.807, 2.05) is 18.2 Å². The van der Waals surface area contributed by atoms with Crippen LogP contribution < -0.4 is 10.1 Å². The smallest absolute Gasteiger partial charge is 0.176 e. The molecule has 23 heavy (non-hydrogen) atoms. The van der Waals surface area contributed by atoms with Gasteiger partial charge >= 0.3 is 0 Å². The first-order valence-corrected chi connectivity index (χ1v) is 8.65. The first-order chi connectivity index (χ1) is 10.9. The Hall–Kier alpha value is -1.39. The van der Waals surface area contributed by atoms with E-state index in [9.17, 15) is 4.79 Å². The van der Waals surface area contributed by atoms with Crippen LogP contribution in [0.3, 0.4) is 0 Å². The zero-order valence-corrected chi connectivity index (χ0v) is 14.9. The molecule has 4 nitrogen and oxygen atoms in total. The predicted octanol–water partition coefficient (Wildman–Crippen LogP) is 2.86. The topological polar surface area (TPSA) is 41.6 Å². The summed E-state index contributed by atoms with van der Waals surface area (Å²) in [5.74, 6) is 1.09. The van der Waals surface area contributed by atoms with Crippen LogP contribution in [0.5, 0.6) is 5.75 Å². The van der Waals surface area contributed by atoms with Crippen LogP contribution in [0.15, 0.2) is 18.2 Å². The largest absolute Gasteiger partial charge is 0.493 e. The van der Waals surface area contributed by atoms with Crippen LogP contribution >= 0.6 is 0 Å². The lowest BCUT2D eigenvalue weighted by Gasteiger charge is -2.27. The fourth-order valence-corrected chi connectivity index (χ4v) is 2.79. The van der Waals surface area contributed by atoms with Crippen LogP contribution in [0, 0.1) is 0 Å². The molecule has 1 aliphatic rings. The summed E-state index contributed by atoms with van der Waals surface area (Å²) >= 11 is 0. The Morgan fingerprint density at radius 3 is 2.57 bits per heavy atom. The number of Topliss-reactive ketones (excluding diaryl/α,β-unsaturated/α-hetero) is 1. The number of nitrogens with one attached hydrogen (secondary N) is 1. The van der Waals surface area contributed by atoms with Gasteiger partial charge in [-0.25, -0.2) is 0 Å². The van der Waals surface area contributed by atoms with Crippen LogP contribution in [0.1, 0.15) is 50.0 Å². The van der Waals surface area contributed by atoms with Crippen molar-refractivity contribution in [2.45, 2.75) is 39.5 Å². The van der Waals surface area contributed by atoms with E-state index in [4.69, 9.17) is 4.74 Å². The first-order valence-electron chi connectivity index (χ1n) is 8.65. The molecule has 1 N–H and O–H groups in total. The van der Waals surface area contributed by atoms with Gasteiger partial charge in [0.15, 0.2) is 5.78 Å². The van der Waals surface area contributed by atoms with Crippen LogP contribution in [0.4, 0.5) is 0 Å². The monoisotopic (exact) mass is 318 g/mol. The number of ketones is 1. The summed E-state index contributed by atoms with van der Waals surface area (Å²) in [6, 6.07) is 5.89. The highest BCUT2D eigenvalue weighted by atomic mass is 16.5. The van der Waals surface area contributed by atoms with Crippen molar-refractivity contribution in [3.8, 4) is 5.75 Å². The molecular formula is C19H30N2O2. The number of carbonyl (C=O) groups excluding carboxylic acids is 1. The molecule has 0 unspecified atom stereocenters. The molecular weight excluding hydrogens is 288 g/mol. The Labute approximate surface area is 140 Å². The van der Waals surface area contributed by atoms with E-state index in [0.717, 1.165) is 49.5 Å². The van der Waals surface area contributed by atoms with Gasteiger partial charge in [-0.1, -0.05) is 27.7 Å². The van der Waals surface area contributed by atoms with Crippen LogP contribution in [0.25, 0.3) is 0 Å². The zero-order valence-electron chi connectivity index (χ0n) is 14.9. The van der Waals surface area contributed by atoms with Crippen LogP contribution in [0.2, 0.25) is 0 Å². The van der Waals surface area contributed by atoms with Gasteiger partial charge in [-0.2, -0.15) is 0 Å². The molecule has 0 atom stereocenters. The summed E-state index contributed by atoms with van der Waals surface area (Å²) in [5.41, 5.74) is 1.85. The summed E-state index contributed by atoms with van der Waals surface area (Å²) < 4.78 is 5.87. The number of benzene rings is 1. The maximum absolute atomic E-state index is 12.6. The number of hydrogen-bond acceptors (Lipinski definition) is 4. The average Bonchev–Trinajstić information content (AvgIpc) is 2.52. The summed E-state index contributed by atoms with van der Waals surface area (Å²) in [4.78, 5) is 14.8. The van der Waals surface area contributed by atoms with E-state index >= 15 is 0 Å². The Bertz CT molecular complexity index is 529. The molecule has 0 amide bonds. The number of rotatable bonds is 6. The highest BCUT2D eigenvalue weighted by molar-refractivity contribution is 5.98. The van der Waals surface area contributed by atoms with Crippen LogP contribution in [-0.4, -0.2) is 50.0 Å². The first kappa shape index (κ1) is 18.0. The standard InChI is InChI=1S/C19H30N2O2/c1-5-12-23-18-7-6-15(13-16(18)19(2,3)4)17(22)14-21-10-8-20-9-11-21/h6-7,13,20H,5,8-12,14H2,1-4H3. The lowest BCUT2D eigenvalue weighted by atomic mass is 9.85. The van der Waals surface area contributed by atoms with Gasteiger partial charge in [0.1, 0.15) is 5.75 Å². The van der Waals surface area contributed by atoms with E-state index in [-0.39, 0.29) is 11.2 Å². The highest BCUT2D eigenvalue weighted by Crippen LogP contribution is 2.32. The second-order valence-electron chi connectivity index (χ2n) is 7.26. The maximum atomic E-state index is 12.6. The van der Waals surface area contributed by atoms with E-state index < -0.39 is 0 Å². The fourth-order valence-electron chi connectivity index (χ4n) is 2.79. The quantitative estimate of drug-likeness (QED) is 0.819. The Morgan fingerprint density at radius 2 is 1.96 bits per heavy atom. The number of carbonyl (C=O) groups is 1. The molecule has 0 bridgehead atoms. The van der Waals surface area contributed by atoms with Crippen molar-refractivity contribution in [2.24, 2.45) is 0 Å². The van der Waals surface area contributed by atoms with Crippen LogP contribution in [-0.2, 0) is 5.41 Å². The van der Waals surface area contributed by atoms with Crippen molar-refractivity contribution >= 4 is 5.78 Å². The van der Waals surface area contributed by atoms with E-state index in [2.05, 4.69) is 37.9 Å². The van der Waals surface area contributed by atoms with Crippen molar-refractivity contribution in [1.82, 2.24) is 10.2 Å². The highest BCUT2D eigenvalue weighted by Gasteiger charge is 2.22. The molecule has 2 rings (SSSR count). The Balaban J connectivity index is 2.16. The van der Waals surface area contributed by atoms with Gasteiger partial charge in [0.2, 0.25) is 0 Å². The SMILES string of the molecule is CCCOc1ccc(C(=O)CN2CCNCC2)cc1C(C)(C)C. The lowest BCUT2D eigenvalue weighted by Crippen LogP contribution is -2.45. The molecule has 0 aromatic heterocycles.